The molecule has 2 fully saturated rings. The minimum Gasteiger partial charge on any atom is -0.295 e. The molecule has 2 aromatic carbocycles. The molecular formula is C24H19N3O4. The number of carbonyl (C=O) groups excluding carboxylic acids is 4. The monoisotopic (exact) mass is 413 g/mol. The fourth-order valence-electron chi connectivity index (χ4n) is 4.71. The van der Waals surface area contributed by atoms with Gasteiger partial charge in [0, 0.05) is 17.3 Å². The first-order valence-corrected chi connectivity index (χ1v) is 10.1. The number of Topliss-reactive ketones (excluding diaryl/α,β-unsaturated/α-hetero) is 2. The van der Waals surface area contributed by atoms with Gasteiger partial charge in [-0.3, -0.25) is 24.2 Å². The lowest BCUT2D eigenvalue weighted by atomic mass is 9.86. The molecule has 3 aliphatic rings. The SMILES string of the molecule is CC(=O)c1ccc(N2C(=O)[C@@H]3[C@@H](C2=O)[C@@H](C(=O)c2ccccc2)N2N=CC=C[C@H]32)cc1. The molecule has 0 unspecified atom stereocenters. The van der Waals surface area contributed by atoms with E-state index in [9.17, 15) is 19.2 Å². The van der Waals surface area contributed by atoms with Gasteiger partial charge in [0.15, 0.2) is 11.6 Å². The second-order valence-electron chi connectivity index (χ2n) is 7.86. The summed E-state index contributed by atoms with van der Waals surface area (Å²) in [5.41, 5.74) is 1.37. The highest BCUT2D eigenvalue weighted by Gasteiger charge is 2.64. The van der Waals surface area contributed by atoms with Crippen LogP contribution in [0.2, 0.25) is 0 Å². The van der Waals surface area contributed by atoms with Crippen molar-refractivity contribution in [3.63, 3.8) is 0 Å². The van der Waals surface area contributed by atoms with Crippen LogP contribution < -0.4 is 4.90 Å². The summed E-state index contributed by atoms with van der Waals surface area (Å²) in [6.07, 6.45) is 5.11. The molecule has 3 aliphatic heterocycles. The van der Waals surface area contributed by atoms with Gasteiger partial charge >= 0.3 is 0 Å². The van der Waals surface area contributed by atoms with E-state index < -0.39 is 29.8 Å². The first-order chi connectivity index (χ1) is 15.0. The summed E-state index contributed by atoms with van der Waals surface area (Å²) in [5, 5.41) is 5.93. The van der Waals surface area contributed by atoms with Crippen molar-refractivity contribution in [1.29, 1.82) is 0 Å². The highest BCUT2D eigenvalue weighted by molar-refractivity contribution is 6.24. The van der Waals surface area contributed by atoms with E-state index in [1.165, 1.54) is 6.92 Å². The van der Waals surface area contributed by atoms with Crippen LogP contribution in [0.15, 0.2) is 71.9 Å². The normalized spacial score (nSPS) is 26.2. The zero-order valence-electron chi connectivity index (χ0n) is 16.7. The summed E-state index contributed by atoms with van der Waals surface area (Å²) in [7, 11) is 0. The summed E-state index contributed by atoms with van der Waals surface area (Å²) in [5.74, 6) is -2.65. The number of ketones is 2. The Hall–Kier alpha value is -3.87. The van der Waals surface area contributed by atoms with Crippen LogP contribution in [0.5, 0.6) is 0 Å². The summed E-state index contributed by atoms with van der Waals surface area (Å²) in [6.45, 7) is 1.45. The standard InChI is InChI=1S/C24H19N3O4/c1-14(28)15-9-11-17(12-10-15)26-23(30)19-18-8-5-13-25-27(18)21(20(19)24(26)31)22(29)16-6-3-2-4-7-16/h2-13,18-21H,1H3/t18-,19+,20-,21+/m1/s1. The van der Waals surface area contributed by atoms with Crippen LogP contribution in [0, 0.1) is 11.8 Å². The van der Waals surface area contributed by atoms with E-state index in [-0.39, 0.29) is 17.5 Å². The quantitative estimate of drug-likeness (QED) is 0.568. The summed E-state index contributed by atoms with van der Waals surface area (Å²) < 4.78 is 0. The number of anilines is 1. The van der Waals surface area contributed by atoms with Gasteiger partial charge in [0.2, 0.25) is 11.8 Å². The van der Waals surface area contributed by atoms with Gasteiger partial charge in [0.25, 0.3) is 0 Å². The molecule has 2 amide bonds. The predicted octanol–water partition coefficient (Wildman–Crippen LogP) is 2.49. The molecule has 4 atom stereocenters. The molecule has 5 rings (SSSR count). The van der Waals surface area contributed by atoms with E-state index >= 15 is 0 Å². The van der Waals surface area contributed by atoms with Crippen molar-refractivity contribution < 1.29 is 19.2 Å². The van der Waals surface area contributed by atoms with E-state index in [0.717, 1.165) is 4.90 Å². The van der Waals surface area contributed by atoms with Crippen molar-refractivity contribution in [3.05, 3.63) is 77.9 Å². The van der Waals surface area contributed by atoms with E-state index in [1.54, 1.807) is 65.8 Å². The maximum Gasteiger partial charge on any atom is 0.240 e. The number of hydrogen-bond acceptors (Lipinski definition) is 6. The molecule has 0 aliphatic carbocycles. The minimum atomic E-state index is -0.864. The Morgan fingerprint density at radius 2 is 1.55 bits per heavy atom. The highest BCUT2D eigenvalue weighted by Crippen LogP contribution is 2.46. The van der Waals surface area contributed by atoms with Crippen LogP contribution in [-0.2, 0) is 9.59 Å². The second-order valence-corrected chi connectivity index (χ2v) is 7.86. The molecule has 2 saturated heterocycles. The molecule has 7 heteroatoms. The molecule has 0 saturated carbocycles. The van der Waals surface area contributed by atoms with Crippen LogP contribution in [0.25, 0.3) is 0 Å². The van der Waals surface area contributed by atoms with E-state index in [4.69, 9.17) is 0 Å². The average Bonchev–Trinajstić information content (AvgIpc) is 3.27. The van der Waals surface area contributed by atoms with Gasteiger partial charge in [-0.1, -0.05) is 36.4 Å². The molecule has 0 N–H and O–H groups in total. The lowest BCUT2D eigenvalue weighted by Gasteiger charge is -2.30. The number of hydrogen-bond donors (Lipinski definition) is 0. The lowest BCUT2D eigenvalue weighted by molar-refractivity contribution is -0.123. The number of carbonyl (C=O) groups is 4. The van der Waals surface area contributed by atoms with Crippen molar-refractivity contribution in [2.75, 3.05) is 4.90 Å². The van der Waals surface area contributed by atoms with Gasteiger partial charge in [-0.25, -0.2) is 4.90 Å². The van der Waals surface area contributed by atoms with Gasteiger partial charge < -0.3 is 0 Å². The molecule has 7 nitrogen and oxygen atoms in total. The fourth-order valence-corrected chi connectivity index (χ4v) is 4.71. The van der Waals surface area contributed by atoms with E-state index in [1.807, 2.05) is 12.1 Å². The molecule has 0 aromatic heterocycles. The average molecular weight is 413 g/mol. The number of hydrazone groups is 1. The predicted molar refractivity (Wildman–Crippen MR) is 114 cm³/mol. The number of nitrogens with zero attached hydrogens (tertiary/aromatic N) is 3. The van der Waals surface area contributed by atoms with Crippen LogP contribution in [-0.4, -0.2) is 46.7 Å². The van der Waals surface area contributed by atoms with Crippen LogP contribution in [0.1, 0.15) is 27.6 Å². The van der Waals surface area contributed by atoms with E-state index in [0.29, 0.717) is 16.8 Å². The first-order valence-electron chi connectivity index (χ1n) is 10.1. The van der Waals surface area contributed by atoms with Crippen molar-refractivity contribution in [1.82, 2.24) is 5.01 Å². The lowest BCUT2D eigenvalue weighted by Crippen LogP contribution is -2.46. The first kappa shape index (κ1) is 19.1. The third-order valence-corrected chi connectivity index (χ3v) is 6.15. The summed E-state index contributed by atoms with van der Waals surface area (Å²) in [4.78, 5) is 53.0. The number of fused-ring (bicyclic) bond motifs is 3. The third-order valence-electron chi connectivity index (χ3n) is 6.15. The Morgan fingerprint density at radius 1 is 0.871 bits per heavy atom. The molecule has 0 spiro atoms. The Balaban J connectivity index is 1.55. The van der Waals surface area contributed by atoms with Crippen LogP contribution in [0.4, 0.5) is 5.69 Å². The molecule has 0 bridgehead atoms. The van der Waals surface area contributed by atoms with Gasteiger partial charge in [0.05, 0.1) is 23.6 Å². The largest absolute Gasteiger partial charge is 0.295 e. The number of rotatable bonds is 4. The van der Waals surface area contributed by atoms with Gasteiger partial charge in [0.1, 0.15) is 6.04 Å². The number of benzene rings is 2. The number of amides is 2. The number of imide groups is 1. The van der Waals surface area contributed by atoms with Crippen molar-refractivity contribution in [3.8, 4) is 0 Å². The van der Waals surface area contributed by atoms with Gasteiger partial charge in [-0.2, -0.15) is 5.10 Å². The molecule has 3 heterocycles. The molecule has 31 heavy (non-hydrogen) atoms. The molecular weight excluding hydrogens is 394 g/mol. The smallest absolute Gasteiger partial charge is 0.240 e. The Bertz CT molecular complexity index is 1150. The zero-order chi connectivity index (χ0) is 21.7. The highest BCUT2D eigenvalue weighted by atomic mass is 16.2. The molecule has 0 radical (unpaired) electrons. The number of allylic oxidation sites excluding steroid dienone is 1. The second kappa shape index (κ2) is 7.12. The van der Waals surface area contributed by atoms with Gasteiger partial charge in [-0.05, 0) is 37.3 Å². The third kappa shape index (κ3) is 2.84. The Labute approximate surface area is 178 Å². The minimum absolute atomic E-state index is 0.100. The topological polar surface area (TPSA) is 87.1 Å². The molecule has 2 aromatic rings. The Morgan fingerprint density at radius 3 is 2.23 bits per heavy atom. The van der Waals surface area contributed by atoms with Crippen LogP contribution >= 0.6 is 0 Å². The fraction of sp³-hybridized carbons (Fsp3) is 0.208. The molecule has 154 valence electrons. The van der Waals surface area contributed by atoms with Crippen molar-refractivity contribution in [2.24, 2.45) is 16.9 Å². The summed E-state index contributed by atoms with van der Waals surface area (Å²) >= 11 is 0. The van der Waals surface area contributed by atoms with Crippen LogP contribution in [0.3, 0.4) is 0 Å². The summed E-state index contributed by atoms with van der Waals surface area (Å²) in [6, 6.07) is 13.8. The zero-order valence-corrected chi connectivity index (χ0v) is 16.7. The van der Waals surface area contributed by atoms with E-state index in [2.05, 4.69) is 5.10 Å². The Kier molecular flexibility index (Phi) is 4.39. The van der Waals surface area contributed by atoms with Crippen molar-refractivity contribution in [2.45, 2.75) is 19.0 Å². The maximum atomic E-state index is 13.5. The maximum absolute atomic E-state index is 13.5. The van der Waals surface area contributed by atoms with Crippen molar-refractivity contribution >= 4 is 35.3 Å². The van der Waals surface area contributed by atoms with Gasteiger partial charge in [-0.15, -0.1) is 0 Å².